The van der Waals surface area contributed by atoms with Crippen molar-refractivity contribution in [3.05, 3.63) is 74.9 Å². The third-order valence-corrected chi connectivity index (χ3v) is 4.94. The van der Waals surface area contributed by atoms with Gasteiger partial charge in [0.05, 0.1) is 16.6 Å². The zero-order valence-corrected chi connectivity index (χ0v) is 16.5. The van der Waals surface area contributed by atoms with Gasteiger partial charge in [0.1, 0.15) is 6.54 Å². The summed E-state index contributed by atoms with van der Waals surface area (Å²) in [6.07, 6.45) is 1.52. The fraction of sp³-hybridized carbons (Fsp3) is 0.318. The molecule has 1 aromatic heterocycles. The van der Waals surface area contributed by atoms with Crippen LogP contribution in [-0.4, -0.2) is 33.5 Å². The smallest absolute Gasteiger partial charge is 0.336 e. The predicted octanol–water partition coefficient (Wildman–Crippen LogP) is 2.58. The molecule has 0 aliphatic heterocycles. The average molecular weight is 379 g/mol. The lowest BCUT2D eigenvalue weighted by Crippen LogP contribution is -2.42. The van der Waals surface area contributed by atoms with Crippen molar-refractivity contribution in [2.75, 3.05) is 13.6 Å². The van der Waals surface area contributed by atoms with Crippen molar-refractivity contribution >= 4 is 16.8 Å². The summed E-state index contributed by atoms with van der Waals surface area (Å²) in [7, 11) is 1.72. The van der Waals surface area contributed by atoms with Crippen molar-refractivity contribution in [1.82, 2.24) is 14.0 Å². The standard InChI is InChI=1S/C22H25N3O3/c1-4-14-23(3)20(26)15-24-19-13-9-7-11-17(19)21(27)25(22(24)28)18-12-8-6-10-16(18)5-2/h6-13H,4-5,14-15H2,1-3H3. The van der Waals surface area contributed by atoms with E-state index in [-0.39, 0.29) is 18.0 Å². The van der Waals surface area contributed by atoms with E-state index < -0.39 is 5.69 Å². The summed E-state index contributed by atoms with van der Waals surface area (Å²) in [5.41, 5.74) is 1.07. The Balaban J connectivity index is 2.29. The highest BCUT2D eigenvalue weighted by molar-refractivity contribution is 5.82. The van der Waals surface area contributed by atoms with Gasteiger partial charge in [0.2, 0.25) is 5.91 Å². The number of benzene rings is 2. The van der Waals surface area contributed by atoms with Gasteiger partial charge >= 0.3 is 5.69 Å². The Bertz CT molecular complexity index is 1130. The molecule has 1 heterocycles. The maximum absolute atomic E-state index is 13.3. The van der Waals surface area contributed by atoms with E-state index in [9.17, 15) is 14.4 Å². The molecule has 0 radical (unpaired) electrons. The van der Waals surface area contributed by atoms with E-state index in [0.29, 0.717) is 29.6 Å². The number of carbonyl (C=O) groups is 1. The van der Waals surface area contributed by atoms with Crippen LogP contribution in [0.1, 0.15) is 25.8 Å². The fourth-order valence-corrected chi connectivity index (χ4v) is 3.43. The number of nitrogens with zero attached hydrogens (tertiary/aromatic N) is 3. The maximum Gasteiger partial charge on any atom is 0.336 e. The number of amides is 1. The van der Waals surface area contributed by atoms with Crippen LogP contribution in [0.4, 0.5) is 0 Å². The molecular weight excluding hydrogens is 354 g/mol. The van der Waals surface area contributed by atoms with E-state index in [2.05, 4.69) is 0 Å². The lowest BCUT2D eigenvalue weighted by Gasteiger charge is -2.19. The molecule has 0 aliphatic rings. The second-order valence-electron chi connectivity index (χ2n) is 6.82. The molecule has 146 valence electrons. The Kier molecular flexibility index (Phi) is 5.78. The third kappa shape index (κ3) is 3.50. The molecule has 0 aliphatic carbocycles. The van der Waals surface area contributed by atoms with Gasteiger partial charge in [-0.3, -0.25) is 14.2 Å². The molecule has 28 heavy (non-hydrogen) atoms. The lowest BCUT2D eigenvalue weighted by molar-refractivity contribution is -0.130. The molecule has 6 nitrogen and oxygen atoms in total. The molecule has 0 bridgehead atoms. The molecule has 0 atom stereocenters. The van der Waals surface area contributed by atoms with Crippen LogP contribution in [0.15, 0.2) is 58.1 Å². The second kappa shape index (κ2) is 8.25. The Morgan fingerprint density at radius 1 is 1.00 bits per heavy atom. The zero-order chi connectivity index (χ0) is 20.3. The quantitative estimate of drug-likeness (QED) is 0.661. The van der Waals surface area contributed by atoms with E-state index in [1.165, 1.54) is 9.13 Å². The van der Waals surface area contributed by atoms with E-state index in [1.807, 2.05) is 26.0 Å². The molecule has 0 spiro atoms. The SMILES string of the molecule is CCCN(C)C(=O)Cn1c(=O)n(-c2ccccc2CC)c(=O)c2ccccc21. The summed E-state index contributed by atoms with van der Waals surface area (Å²) < 4.78 is 2.59. The van der Waals surface area contributed by atoms with Crippen molar-refractivity contribution in [3.63, 3.8) is 0 Å². The number of fused-ring (bicyclic) bond motifs is 1. The molecular formula is C22H25N3O3. The van der Waals surface area contributed by atoms with Gasteiger partial charge in [-0.15, -0.1) is 0 Å². The predicted molar refractivity (Wildman–Crippen MR) is 111 cm³/mol. The van der Waals surface area contributed by atoms with Crippen molar-refractivity contribution in [2.45, 2.75) is 33.2 Å². The van der Waals surface area contributed by atoms with Gasteiger partial charge in [-0.1, -0.05) is 44.2 Å². The molecule has 0 saturated heterocycles. The normalized spacial score (nSPS) is 11.0. The minimum Gasteiger partial charge on any atom is -0.344 e. The van der Waals surface area contributed by atoms with Crippen molar-refractivity contribution < 1.29 is 4.79 Å². The fourth-order valence-electron chi connectivity index (χ4n) is 3.43. The first-order valence-corrected chi connectivity index (χ1v) is 9.56. The van der Waals surface area contributed by atoms with Gasteiger partial charge in [0.15, 0.2) is 0 Å². The molecule has 1 amide bonds. The van der Waals surface area contributed by atoms with Gasteiger partial charge in [-0.05, 0) is 36.6 Å². The largest absolute Gasteiger partial charge is 0.344 e. The first-order valence-electron chi connectivity index (χ1n) is 9.56. The summed E-state index contributed by atoms with van der Waals surface area (Å²) in [5, 5.41) is 0.416. The third-order valence-electron chi connectivity index (χ3n) is 4.94. The first-order chi connectivity index (χ1) is 13.5. The van der Waals surface area contributed by atoms with E-state index >= 15 is 0 Å². The van der Waals surface area contributed by atoms with Crippen LogP contribution in [0.3, 0.4) is 0 Å². The maximum atomic E-state index is 13.3. The molecule has 0 unspecified atom stereocenters. The molecule has 0 N–H and O–H groups in total. The van der Waals surface area contributed by atoms with Crippen LogP contribution in [0.2, 0.25) is 0 Å². The Labute approximate surface area is 163 Å². The van der Waals surface area contributed by atoms with Crippen LogP contribution < -0.4 is 11.2 Å². The summed E-state index contributed by atoms with van der Waals surface area (Å²) >= 11 is 0. The zero-order valence-electron chi connectivity index (χ0n) is 16.5. The molecule has 3 aromatic rings. The Morgan fingerprint density at radius 2 is 1.68 bits per heavy atom. The number of rotatable bonds is 6. The molecule has 2 aromatic carbocycles. The van der Waals surface area contributed by atoms with Gasteiger partial charge in [-0.2, -0.15) is 0 Å². The van der Waals surface area contributed by atoms with Crippen LogP contribution in [0, 0.1) is 0 Å². The van der Waals surface area contributed by atoms with Gasteiger partial charge < -0.3 is 4.90 Å². The minimum absolute atomic E-state index is 0.107. The number of para-hydroxylation sites is 2. The lowest BCUT2D eigenvalue weighted by atomic mass is 10.1. The minimum atomic E-state index is -0.497. The van der Waals surface area contributed by atoms with E-state index in [4.69, 9.17) is 0 Å². The highest BCUT2D eigenvalue weighted by Crippen LogP contribution is 2.14. The summed E-state index contributed by atoms with van der Waals surface area (Å²) in [6, 6.07) is 14.3. The average Bonchev–Trinajstić information content (AvgIpc) is 2.71. The summed E-state index contributed by atoms with van der Waals surface area (Å²) in [6.45, 7) is 4.48. The summed E-state index contributed by atoms with van der Waals surface area (Å²) in [4.78, 5) is 40.7. The summed E-state index contributed by atoms with van der Waals surface area (Å²) in [5.74, 6) is -0.164. The van der Waals surface area contributed by atoms with E-state index in [0.717, 1.165) is 12.0 Å². The van der Waals surface area contributed by atoms with Crippen molar-refractivity contribution in [1.29, 1.82) is 0 Å². The second-order valence-corrected chi connectivity index (χ2v) is 6.82. The van der Waals surface area contributed by atoms with Crippen LogP contribution >= 0.6 is 0 Å². The number of hydrogen-bond acceptors (Lipinski definition) is 3. The number of aromatic nitrogens is 2. The molecule has 3 rings (SSSR count). The van der Waals surface area contributed by atoms with Crippen molar-refractivity contribution in [3.8, 4) is 5.69 Å². The van der Waals surface area contributed by atoms with Crippen LogP contribution in [0.25, 0.3) is 16.6 Å². The van der Waals surface area contributed by atoms with Crippen LogP contribution in [-0.2, 0) is 17.8 Å². The molecule has 6 heteroatoms. The number of likely N-dealkylation sites (N-methyl/N-ethyl adjacent to an activating group) is 1. The number of hydrogen-bond donors (Lipinski definition) is 0. The van der Waals surface area contributed by atoms with E-state index in [1.54, 1.807) is 48.3 Å². The number of carbonyl (C=O) groups excluding carboxylic acids is 1. The topological polar surface area (TPSA) is 64.3 Å². The monoisotopic (exact) mass is 379 g/mol. The van der Waals surface area contributed by atoms with Gasteiger partial charge in [-0.25, -0.2) is 9.36 Å². The van der Waals surface area contributed by atoms with Crippen LogP contribution in [0.5, 0.6) is 0 Å². The van der Waals surface area contributed by atoms with Gasteiger partial charge in [0, 0.05) is 13.6 Å². The highest BCUT2D eigenvalue weighted by atomic mass is 16.2. The Hall–Kier alpha value is -3.15. The number of aryl methyl sites for hydroxylation is 1. The Morgan fingerprint density at radius 3 is 2.39 bits per heavy atom. The first kappa shape index (κ1) is 19.6. The van der Waals surface area contributed by atoms with Crippen molar-refractivity contribution in [2.24, 2.45) is 0 Å². The highest BCUT2D eigenvalue weighted by Gasteiger charge is 2.18. The van der Waals surface area contributed by atoms with Gasteiger partial charge in [0.25, 0.3) is 5.56 Å². The molecule has 0 saturated carbocycles. The molecule has 0 fully saturated rings.